The Bertz CT molecular complexity index is 250. The average Bonchev–Trinajstić information content (AvgIpc) is 2.77. The van der Waals surface area contributed by atoms with E-state index in [9.17, 15) is 0 Å². The third-order valence-corrected chi connectivity index (χ3v) is 5.18. The van der Waals surface area contributed by atoms with E-state index in [1.54, 1.807) is 0 Å². The van der Waals surface area contributed by atoms with Crippen molar-refractivity contribution in [3.05, 3.63) is 0 Å². The highest BCUT2D eigenvalue weighted by molar-refractivity contribution is 7.13. The largest absolute Gasteiger partial charge is 0.328 e. The average molecular weight is 402 g/mol. The van der Waals surface area contributed by atoms with E-state index >= 15 is 0 Å². The smallest absolute Gasteiger partial charge is 0.0303 e. The molecule has 0 amide bonds. The lowest BCUT2D eigenvalue weighted by atomic mass is 10.1. The molecule has 0 aromatic rings. The minimum Gasteiger partial charge on any atom is -0.328 e. The zero-order valence-corrected chi connectivity index (χ0v) is 16.4. The second-order valence-electron chi connectivity index (χ2n) is 6.13. The molecule has 0 aromatic heterocycles. The molecule has 6 nitrogen and oxygen atoms in total. The van der Waals surface area contributed by atoms with Crippen LogP contribution in [-0.2, 0) is 0 Å². The van der Waals surface area contributed by atoms with Crippen LogP contribution in [-0.4, -0.2) is 71.4 Å². The molecule has 4 atom stereocenters. The Morgan fingerprint density at radius 3 is 1.08 bits per heavy atom. The number of nitrogens with two attached hydrogens (primary N) is 3. The van der Waals surface area contributed by atoms with E-state index in [2.05, 4.69) is 42.2 Å². The Balaban J connectivity index is -0.000000261. The molecule has 9 heteroatoms. The maximum atomic E-state index is 5.66. The minimum absolute atomic E-state index is 0. The molecule has 24 heavy (non-hydrogen) atoms. The molecule has 4 unspecified atom stereocenters. The van der Waals surface area contributed by atoms with Gasteiger partial charge in [0.1, 0.15) is 0 Å². The lowest BCUT2D eigenvalue weighted by molar-refractivity contribution is 0.291. The van der Waals surface area contributed by atoms with Gasteiger partial charge in [0.25, 0.3) is 0 Å². The van der Waals surface area contributed by atoms with Crippen molar-refractivity contribution in [3.63, 3.8) is 0 Å². The van der Waals surface area contributed by atoms with Crippen LogP contribution in [0.4, 0.5) is 0 Å². The van der Waals surface area contributed by atoms with Crippen molar-refractivity contribution in [1.29, 1.82) is 0 Å². The highest BCUT2D eigenvalue weighted by Gasteiger charge is 2.17. The van der Waals surface area contributed by atoms with E-state index in [0.29, 0.717) is 18.1 Å². The monoisotopic (exact) mass is 402 g/mol. The molecule has 3 fully saturated rings. The third kappa shape index (κ3) is 14.2. The molecule has 3 rings (SSSR count). The topological polar surface area (TPSA) is 87.8 Å². The van der Waals surface area contributed by atoms with Crippen molar-refractivity contribution < 1.29 is 0 Å². The van der Waals surface area contributed by atoms with Crippen molar-refractivity contribution >= 4 is 28.2 Å². The van der Waals surface area contributed by atoms with Gasteiger partial charge in [0, 0.05) is 57.4 Å². The van der Waals surface area contributed by atoms with Crippen LogP contribution < -0.4 is 17.2 Å². The molecule has 3 aliphatic heterocycles. The Morgan fingerprint density at radius 2 is 0.917 bits per heavy atom. The lowest BCUT2D eigenvalue weighted by Crippen LogP contribution is -2.50. The van der Waals surface area contributed by atoms with E-state index in [1.807, 2.05) is 0 Å². The molecule has 0 bridgehead atoms. The normalized spacial score (nSPS) is 25.5. The second kappa shape index (κ2) is 16.2. The highest BCUT2D eigenvalue weighted by atomic mass is 31.0. The zero-order valence-electron chi connectivity index (χ0n) is 12.9. The first-order valence-corrected chi connectivity index (χ1v) is 9.17. The summed E-state index contributed by atoms with van der Waals surface area (Å²) < 4.78 is 6.53. The van der Waals surface area contributed by atoms with Crippen LogP contribution in [0, 0.1) is 0 Å². The number of hydrogen-bond acceptors (Lipinski definition) is 6. The van der Waals surface area contributed by atoms with Crippen LogP contribution in [0.1, 0.15) is 41.5 Å². The minimum atomic E-state index is 0. The third-order valence-electron chi connectivity index (χ3n) is 3.77. The fourth-order valence-electron chi connectivity index (χ4n) is 2.28. The summed E-state index contributed by atoms with van der Waals surface area (Å²) in [5.41, 5.74) is 16.6. The van der Waals surface area contributed by atoms with Gasteiger partial charge in [-0.25, -0.2) is 0 Å². The van der Waals surface area contributed by atoms with Crippen molar-refractivity contribution in [2.24, 2.45) is 17.2 Å². The molecular weight excluding hydrogens is 357 g/mol. The number of hydrogen-bond donors (Lipinski definition) is 3. The summed E-state index contributed by atoms with van der Waals surface area (Å²) in [6.45, 7) is 6.57. The molecule has 0 radical (unpaired) electrons. The van der Waals surface area contributed by atoms with Gasteiger partial charge in [0.05, 0.1) is 0 Å². The van der Waals surface area contributed by atoms with Crippen LogP contribution >= 0.6 is 28.2 Å². The summed E-state index contributed by atoms with van der Waals surface area (Å²) in [7, 11) is 7.95. The van der Waals surface area contributed by atoms with Gasteiger partial charge < -0.3 is 17.2 Å². The summed E-state index contributed by atoms with van der Waals surface area (Å²) in [5, 5.41) is 0. The number of rotatable bonds is 0. The molecular formula is C15H45N6P3. The Labute approximate surface area is 158 Å². The molecule has 0 aliphatic carbocycles. The van der Waals surface area contributed by atoms with Gasteiger partial charge in [-0.15, -0.1) is 0 Å². The maximum Gasteiger partial charge on any atom is 0.0303 e. The lowest BCUT2D eigenvalue weighted by Gasteiger charge is -2.32. The summed E-state index contributed by atoms with van der Waals surface area (Å²) in [6.07, 6.45) is 3.47. The molecule has 150 valence electrons. The van der Waals surface area contributed by atoms with Crippen molar-refractivity contribution in [3.8, 4) is 0 Å². The molecule has 3 saturated heterocycles. The summed E-state index contributed by atoms with van der Waals surface area (Å²) in [4.78, 5) is 0. The first kappa shape index (κ1) is 29.8. The van der Waals surface area contributed by atoms with Gasteiger partial charge in [-0.1, -0.05) is 50.5 Å². The molecule has 0 spiro atoms. The van der Waals surface area contributed by atoms with Gasteiger partial charge in [-0.3, -0.25) is 14.0 Å². The summed E-state index contributed by atoms with van der Waals surface area (Å²) >= 11 is 0. The van der Waals surface area contributed by atoms with E-state index < -0.39 is 0 Å². The van der Waals surface area contributed by atoms with E-state index in [1.165, 1.54) is 0 Å². The van der Waals surface area contributed by atoms with E-state index in [-0.39, 0.29) is 22.3 Å². The molecule has 0 aromatic carbocycles. The van der Waals surface area contributed by atoms with Crippen molar-refractivity contribution in [2.75, 3.05) is 39.3 Å². The summed E-state index contributed by atoms with van der Waals surface area (Å²) in [5.74, 6) is 0. The molecule has 3 heterocycles. The summed E-state index contributed by atoms with van der Waals surface area (Å²) in [6, 6.07) is 1.34. The Hall–Kier alpha value is 1.05. The van der Waals surface area contributed by atoms with E-state index in [0.717, 1.165) is 58.5 Å². The van der Waals surface area contributed by atoms with Gasteiger partial charge in [0.15, 0.2) is 0 Å². The quantitative estimate of drug-likeness (QED) is 0.530. The molecule has 6 N–H and O–H groups in total. The van der Waals surface area contributed by atoms with Gasteiger partial charge in [-0.2, -0.15) is 0 Å². The van der Waals surface area contributed by atoms with Crippen molar-refractivity contribution in [2.45, 2.75) is 59.7 Å². The predicted molar refractivity (Wildman–Crippen MR) is 122 cm³/mol. The zero-order chi connectivity index (χ0) is 15.8. The first-order chi connectivity index (χ1) is 9.86. The maximum absolute atomic E-state index is 5.66. The standard InChI is InChI=1S/C5H13N2P.C4H11N2P.C3H9N2P.3CH4/c6-5-1-3-7(8)4-2-5;5-4-1-2-6(7)3-4;4-3-1-5(6)2-3;;;/h5H,1-4,6,8H2;4H,1-3,5,7H2;3H,1-2,4,6H2;3*1H4. The van der Waals surface area contributed by atoms with Crippen LogP contribution in [0.25, 0.3) is 0 Å². The van der Waals surface area contributed by atoms with Gasteiger partial charge in [-0.05, 0) is 19.3 Å². The SMILES string of the molecule is C.C.C.NC1CCN(P)C1.NC1CCN(P)CC1.NC1CN(P)C1. The Kier molecular flexibility index (Phi) is 20.2. The van der Waals surface area contributed by atoms with Crippen molar-refractivity contribution in [1.82, 2.24) is 14.0 Å². The first-order valence-electron chi connectivity index (χ1n) is 7.62. The molecule has 0 saturated carbocycles. The number of nitrogens with zero attached hydrogens (tertiary/aromatic N) is 3. The Morgan fingerprint density at radius 1 is 0.542 bits per heavy atom. The van der Waals surface area contributed by atoms with Gasteiger partial charge >= 0.3 is 0 Å². The fraction of sp³-hybridized carbons (Fsp3) is 1.00. The number of piperidine rings is 1. The van der Waals surface area contributed by atoms with Crippen LogP contribution in [0.5, 0.6) is 0 Å². The highest BCUT2D eigenvalue weighted by Crippen LogP contribution is 2.11. The second-order valence-corrected chi connectivity index (χ2v) is 8.32. The molecule has 3 aliphatic rings. The van der Waals surface area contributed by atoms with E-state index in [4.69, 9.17) is 17.2 Å². The predicted octanol–water partition coefficient (Wildman–Crippen LogP) is 1.34. The van der Waals surface area contributed by atoms with Crippen LogP contribution in [0.2, 0.25) is 0 Å². The van der Waals surface area contributed by atoms with Crippen LogP contribution in [0.3, 0.4) is 0 Å². The fourth-order valence-corrected chi connectivity index (χ4v) is 3.54. The van der Waals surface area contributed by atoms with Gasteiger partial charge in [0.2, 0.25) is 0 Å². The van der Waals surface area contributed by atoms with Crippen LogP contribution in [0.15, 0.2) is 0 Å².